The summed E-state index contributed by atoms with van der Waals surface area (Å²) in [6.07, 6.45) is 1.42. The molecule has 3 aromatic rings. The Hall–Kier alpha value is -3.05. The van der Waals surface area contributed by atoms with Gasteiger partial charge in [-0.2, -0.15) is 5.26 Å². The number of carbonyl (C=O) groups excluding carboxylic acids is 1. The van der Waals surface area contributed by atoms with E-state index in [4.69, 9.17) is 32.7 Å². The maximum atomic E-state index is 13.9. The number of carbonyl (C=O) groups is 1. The van der Waals surface area contributed by atoms with Crippen LogP contribution in [0.4, 0.5) is 10.1 Å². The van der Waals surface area contributed by atoms with E-state index in [1.807, 2.05) is 13.0 Å². The van der Waals surface area contributed by atoms with E-state index >= 15 is 0 Å². The summed E-state index contributed by atoms with van der Waals surface area (Å²) in [4.78, 5) is 12.6. The molecule has 0 unspecified atom stereocenters. The molecule has 0 atom stereocenters. The average molecular weight is 564 g/mol. The van der Waals surface area contributed by atoms with Gasteiger partial charge in [0.2, 0.25) is 0 Å². The quantitative estimate of drug-likeness (QED) is 0.229. The van der Waals surface area contributed by atoms with Gasteiger partial charge in [0.05, 0.1) is 21.1 Å². The highest BCUT2D eigenvalue weighted by molar-refractivity contribution is 9.10. The van der Waals surface area contributed by atoms with E-state index in [0.29, 0.717) is 44.4 Å². The van der Waals surface area contributed by atoms with Gasteiger partial charge in [0.15, 0.2) is 11.5 Å². The number of nitrogens with one attached hydrogen (secondary N) is 1. The van der Waals surface area contributed by atoms with Crippen molar-refractivity contribution < 1.29 is 18.7 Å². The molecule has 0 saturated carbocycles. The molecule has 0 aromatic heterocycles. The van der Waals surface area contributed by atoms with Crippen molar-refractivity contribution in [1.82, 2.24) is 0 Å². The van der Waals surface area contributed by atoms with Crippen molar-refractivity contribution in [3.8, 4) is 17.6 Å². The molecule has 3 rings (SSSR count). The van der Waals surface area contributed by atoms with Gasteiger partial charge in [0.1, 0.15) is 24.1 Å². The highest BCUT2D eigenvalue weighted by Crippen LogP contribution is 2.38. The van der Waals surface area contributed by atoms with Gasteiger partial charge in [0.25, 0.3) is 5.91 Å². The van der Waals surface area contributed by atoms with Crippen LogP contribution >= 0.6 is 39.1 Å². The molecule has 1 amide bonds. The van der Waals surface area contributed by atoms with E-state index in [0.717, 1.165) is 0 Å². The van der Waals surface area contributed by atoms with E-state index in [1.54, 1.807) is 42.5 Å². The minimum absolute atomic E-state index is 0.00393. The number of hydrogen-bond acceptors (Lipinski definition) is 4. The van der Waals surface area contributed by atoms with Crippen molar-refractivity contribution in [3.05, 3.63) is 91.6 Å². The Balaban J connectivity index is 1.86. The fraction of sp³-hybridized carbons (Fsp3) is 0.120. The van der Waals surface area contributed by atoms with Crippen LogP contribution in [0.5, 0.6) is 11.5 Å². The molecular weight excluding hydrogens is 546 g/mol. The van der Waals surface area contributed by atoms with Crippen LogP contribution in [0.25, 0.3) is 6.08 Å². The molecule has 9 heteroatoms. The minimum atomic E-state index is -0.616. The normalized spacial score (nSPS) is 11.0. The third kappa shape index (κ3) is 6.51. The van der Waals surface area contributed by atoms with Crippen molar-refractivity contribution >= 4 is 56.8 Å². The van der Waals surface area contributed by atoms with E-state index in [2.05, 4.69) is 21.2 Å². The number of hydrogen-bond donors (Lipinski definition) is 1. The first-order valence-corrected chi connectivity index (χ1v) is 11.6. The molecule has 0 heterocycles. The van der Waals surface area contributed by atoms with Crippen molar-refractivity contribution in [2.45, 2.75) is 13.5 Å². The van der Waals surface area contributed by atoms with Gasteiger partial charge in [-0.05, 0) is 70.9 Å². The summed E-state index contributed by atoms with van der Waals surface area (Å²) in [5.41, 5.74) is 1.18. The lowest BCUT2D eigenvalue weighted by Gasteiger charge is -2.15. The molecule has 0 bridgehead atoms. The zero-order chi connectivity index (χ0) is 24.7. The third-order valence-electron chi connectivity index (χ3n) is 4.52. The number of ether oxygens (including phenoxy) is 2. The number of halogens is 4. The van der Waals surface area contributed by atoms with E-state index < -0.39 is 5.91 Å². The molecule has 174 valence electrons. The highest BCUT2D eigenvalue weighted by atomic mass is 79.9. The van der Waals surface area contributed by atoms with Crippen LogP contribution < -0.4 is 14.8 Å². The lowest BCUT2D eigenvalue weighted by atomic mass is 10.1. The summed E-state index contributed by atoms with van der Waals surface area (Å²) in [5, 5.41) is 12.8. The Kier molecular flexibility index (Phi) is 8.94. The largest absolute Gasteiger partial charge is 0.490 e. The summed E-state index contributed by atoms with van der Waals surface area (Å²) in [7, 11) is 0. The predicted molar refractivity (Wildman–Crippen MR) is 135 cm³/mol. The SMILES string of the molecule is CCOc1cc(/C=C(\C#N)C(=O)Nc2ccc(Cl)c(Cl)c2)cc(Br)c1OCc1ccccc1F. The van der Waals surface area contributed by atoms with Gasteiger partial charge >= 0.3 is 0 Å². The Labute approximate surface area is 214 Å². The fourth-order valence-electron chi connectivity index (χ4n) is 2.93. The van der Waals surface area contributed by atoms with Crippen molar-refractivity contribution in [2.24, 2.45) is 0 Å². The highest BCUT2D eigenvalue weighted by Gasteiger charge is 2.15. The number of nitrogens with zero attached hydrogens (tertiary/aromatic N) is 1. The molecule has 1 N–H and O–H groups in total. The Morgan fingerprint density at radius 2 is 1.91 bits per heavy atom. The van der Waals surface area contributed by atoms with E-state index in [9.17, 15) is 14.4 Å². The maximum absolute atomic E-state index is 13.9. The van der Waals surface area contributed by atoms with Gasteiger partial charge in [0, 0.05) is 11.3 Å². The third-order valence-corrected chi connectivity index (χ3v) is 5.84. The van der Waals surface area contributed by atoms with E-state index in [-0.39, 0.29) is 23.0 Å². The molecule has 34 heavy (non-hydrogen) atoms. The van der Waals surface area contributed by atoms with Crippen LogP contribution in [-0.2, 0) is 11.4 Å². The van der Waals surface area contributed by atoms with Crippen LogP contribution in [-0.4, -0.2) is 12.5 Å². The first-order valence-electron chi connectivity index (χ1n) is 10.0. The number of amides is 1. The molecular formula is C25H18BrCl2FN2O3. The standard InChI is InChI=1S/C25H18BrCl2FN2O3/c1-2-33-23-11-15(10-19(26)24(23)34-14-16-5-3-4-6-22(16)29)9-17(13-30)25(32)31-18-7-8-20(27)21(28)12-18/h3-12H,2,14H2,1H3,(H,31,32)/b17-9+. The van der Waals surface area contributed by atoms with Gasteiger partial charge in [-0.3, -0.25) is 4.79 Å². The van der Waals surface area contributed by atoms with Crippen molar-refractivity contribution in [2.75, 3.05) is 11.9 Å². The second-order valence-corrected chi connectivity index (χ2v) is 8.56. The molecule has 0 aliphatic carbocycles. The first kappa shape index (κ1) is 25.6. The number of anilines is 1. The zero-order valence-corrected chi connectivity index (χ0v) is 21.0. The summed E-state index contributed by atoms with van der Waals surface area (Å²) in [6.45, 7) is 2.15. The number of nitriles is 1. The van der Waals surface area contributed by atoms with Crippen LogP contribution in [0.2, 0.25) is 10.0 Å². The van der Waals surface area contributed by atoms with Crippen LogP contribution in [0.3, 0.4) is 0 Å². The van der Waals surface area contributed by atoms with Crippen molar-refractivity contribution in [1.29, 1.82) is 5.26 Å². The van der Waals surface area contributed by atoms with E-state index in [1.165, 1.54) is 18.2 Å². The monoisotopic (exact) mass is 562 g/mol. The second-order valence-electron chi connectivity index (χ2n) is 6.90. The minimum Gasteiger partial charge on any atom is -0.490 e. The smallest absolute Gasteiger partial charge is 0.266 e. The lowest BCUT2D eigenvalue weighted by Crippen LogP contribution is -2.13. The lowest BCUT2D eigenvalue weighted by molar-refractivity contribution is -0.112. The molecule has 0 fully saturated rings. The molecule has 3 aromatic carbocycles. The van der Waals surface area contributed by atoms with Crippen LogP contribution in [0.1, 0.15) is 18.1 Å². The number of benzene rings is 3. The van der Waals surface area contributed by atoms with Gasteiger partial charge in [-0.1, -0.05) is 41.4 Å². The van der Waals surface area contributed by atoms with Gasteiger partial charge in [-0.25, -0.2) is 4.39 Å². The number of rotatable bonds is 8. The molecule has 0 spiro atoms. The predicted octanol–water partition coefficient (Wildman–Crippen LogP) is 7.42. The maximum Gasteiger partial charge on any atom is 0.266 e. The van der Waals surface area contributed by atoms with Crippen molar-refractivity contribution in [3.63, 3.8) is 0 Å². The summed E-state index contributed by atoms with van der Waals surface area (Å²) >= 11 is 15.3. The molecule has 0 aliphatic heterocycles. The van der Waals surface area contributed by atoms with Gasteiger partial charge < -0.3 is 14.8 Å². The Morgan fingerprint density at radius 3 is 2.59 bits per heavy atom. The second kappa shape index (κ2) is 11.9. The fourth-order valence-corrected chi connectivity index (χ4v) is 3.80. The molecule has 0 saturated heterocycles. The molecule has 0 radical (unpaired) electrons. The van der Waals surface area contributed by atoms with Crippen LogP contribution in [0, 0.1) is 17.1 Å². The average Bonchev–Trinajstić information content (AvgIpc) is 2.80. The first-order chi connectivity index (χ1) is 16.3. The van der Waals surface area contributed by atoms with Crippen LogP contribution in [0.15, 0.2) is 64.6 Å². The topological polar surface area (TPSA) is 71.3 Å². The van der Waals surface area contributed by atoms with Gasteiger partial charge in [-0.15, -0.1) is 0 Å². The summed E-state index contributed by atoms with van der Waals surface area (Å²) < 4.78 is 26.0. The Morgan fingerprint density at radius 1 is 1.15 bits per heavy atom. The molecule has 0 aliphatic rings. The Bertz CT molecular complexity index is 1290. The zero-order valence-electron chi connectivity index (χ0n) is 17.9. The summed E-state index contributed by atoms with van der Waals surface area (Å²) in [6, 6.07) is 16.1. The molecule has 5 nitrogen and oxygen atoms in total. The summed E-state index contributed by atoms with van der Waals surface area (Å²) in [5.74, 6) is -0.236.